The minimum Gasteiger partial charge on any atom is -0.484 e. The molecule has 1 N–H and O–H groups in total. The number of benzene rings is 1. The van der Waals surface area contributed by atoms with Gasteiger partial charge in [0.2, 0.25) is 0 Å². The highest BCUT2D eigenvalue weighted by Gasteiger charge is 2.32. The highest BCUT2D eigenvalue weighted by Crippen LogP contribution is 2.27. The Balaban J connectivity index is 1.68. The number of aryl methyl sites for hydroxylation is 1. The Kier molecular flexibility index (Phi) is 6.35. The molecule has 6 heteroatoms. The van der Waals surface area contributed by atoms with Crippen molar-refractivity contribution in [3.63, 3.8) is 0 Å². The van der Waals surface area contributed by atoms with Gasteiger partial charge in [0, 0.05) is 17.5 Å². The van der Waals surface area contributed by atoms with Gasteiger partial charge < -0.3 is 14.5 Å². The molecule has 1 saturated carbocycles. The van der Waals surface area contributed by atoms with Crippen molar-refractivity contribution in [2.75, 3.05) is 6.61 Å². The zero-order valence-corrected chi connectivity index (χ0v) is 16.3. The quantitative estimate of drug-likeness (QED) is 0.605. The highest BCUT2D eigenvalue weighted by molar-refractivity contribution is 5.82. The molecule has 1 fully saturated rings. The highest BCUT2D eigenvalue weighted by atomic mass is 16.5. The lowest BCUT2D eigenvalue weighted by Gasteiger charge is -2.26. The molecule has 0 unspecified atom stereocenters. The van der Waals surface area contributed by atoms with E-state index >= 15 is 0 Å². The summed E-state index contributed by atoms with van der Waals surface area (Å²) in [5.41, 5.74) is 0.214. The van der Waals surface area contributed by atoms with Crippen LogP contribution in [-0.2, 0) is 11.2 Å². The summed E-state index contributed by atoms with van der Waals surface area (Å²) in [7, 11) is 0. The van der Waals surface area contributed by atoms with Gasteiger partial charge in [-0.25, -0.2) is 4.79 Å². The van der Waals surface area contributed by atoms with Crippen molar-refractivity contribution in [1.82, 2.24) is 5.32 Å². The molecule has 0 saturated heterocycles. The molecule has 1 aromatic carbocycles. The predicted molar refractivity (Wildman–Crippen MR) is 106 cm³/mol. The van der Waals surface area contributed by atoms with E-state index in [9.17, 15) is 14.9 Å². The maximum absolute atomic E-state index is 12.4. The van der Waals surface area contributed by atoms with E-state index in [4.69, 9.17) is 9.15 Å². The average molecular weight is 382 g/mol. The fourth-order valence-electron chi connectivity index (χ4n) is 3.82. The Morgan fingerprint density at radius 1 is 1.25 bits per heavy atom. The van der Waals surface area contributed by atoms with E-state index in [1.165, 1.54) is 6.07 Å². The van der Waals surface area contributed by atoms with Crippen LogP contribution in [0.5, 0.6) is 5.75 Å². The summed E-state index contributed by atoms with van der Waals surface area (Å²) in [4.78, 5) is 24.1. The van der Waals surface area contributed by atoms with Gasteiger partial charge >= 0.3 is 5.63 Å². The van der Waals surface area contributed by atoms with Crippen LogP contribution in [0.3, 0.4) is 0 Å². The summed E-state index contributed by atoms with van der Waals surface area (Å²) in [6.07, 6.45) is 7.15. The number of nitriles is 1. The number of rotatable bonds is 6. The number of nitrogens with one attached hydrogen (secondary N) is 1. The largest absolute Gasteiger partial charge is 0.484 e. The normalized spacial score (nSPS) is 16.1. The Bertz CT molecular complexity index is 934. The number of ether oxygens (including phenoxy) is 1. The Labute approximate surface area is 164 Å². The van der Waals surface area contributed by atoms with Crippen molar-refractivity contribution in [3.8, 4) is 11.8 Å². The monoisotopic (exact) mass is 382 g/mol. The molecule has 148 valence electrons. The van der Waals surface area contributed by atoms with E-state index < -0.39 is 11.2 Å². The molecule has 1 aromatic heterocycles. The van der Waals surface area contributed by atoms with Gasteiger partial charge in [-0.05, 0) is 37.0 Å². The van der Waals surface area contributed by atoms with Crippen molar-refractivity contribution < 1.29 is 13.9 Å². The number of amides is 1. The maximum atomic E-state index is 12.4. The third-order valence-corrected chi connectivity index (χ3v) is 5.24. The molecule has 2 aromatic rings. The Hall–Kier alpha value is -2.81. The molecule has 1 aliphatic rings. The molecule has 0 atom stereocenters. The lowest BCUT2D eigenvalue weighted by Crippen LogP contribution is -2.48. The third-order valence-electron chi connectivity index (χ3n) is 5.24. The van der Waals surface area contributed by atoms with E-state index in [-0.39, 0.29) is 12.5 Å². The first-order valence-corrected chi connectivity index (χ1v) is 9.97. The first-order chi connectivity index (χ1) is 13.5. The summed E-state index contributed by atoms with van der Waals surface area (Å²) in [6, 6.07) is 9.06. The van der Waals surface area contributed by atoms with Crippen molar-refractivity contribution in [1.29, 1.82) is 5.26 Å². The molecule has 28 heavy (non-hydrogen) atoms. The minimum atomic E-state index is -0.790. The fraction of sp³-hybridized carbons (Fsp3) is 0.500. The van der Waals surface area contributed by atoms with Crippen molar-refractivity contribution in [3.05, 3.63) is 40.2 Å². The van der Waals surface area contributed by atoms with Crippen molar-refractivity contribution in [2.45, 2.75) is 63.8 Å². The molecule has 0 radical (unpaired) electrons. The van der Waals surface area contributed by atoms with E-state index in [0.717, 1.165) is 49.5 Å². The number of hydrogen-bond acceptors (Lipinski definition) is 5. The molecule has 1 aliphatic carbocycles. The predicted octanol–water partition coefficient (Wildman–Crippen LogP) is 3.86. The topological polar surface area (TPSA) is 92.3 Å². The second-order valence-electron chi connectivity index (χ2n) is 7.44. The standard InChI is InChI=1S/C22H26N2O4/c1-2-7-16-12-21(26)28-19-13-17(8-9-18(16)19)27-14-20(25)24-22(15-23)10-5-3-4-6-11-22/h8-9,12-13H,2-7,10-11,14H2,1H3,(H,24,25). The molecule has 0 aliphatic heterocycles. The maximum Gasteiger partial charge on any atom is 0.336 e. The van der Waals surface area contributed by atoms with Crippen LogP contribution in [0.15, 0.2) is 33.5 Å². The van der Waals surface area contributed by atoms with Crippen molar-refractivity contribution >= 4 is 16.9 Å². The zero-order valence-electron chi connectivity index (χ0n) is 16.3. The number of hydrogen-bond donors (Lipinski definition) is 1. The third kappa shape index (κ3) is 4.72. The lowest BCUT2D eigenvalue weighted by molar-refractivity contribution is -0.124. The first kappa shape index (κ1) is 19.9. The smallest absolute Gasteiger partial charge is 0.336 e. The summed E-state index contributed by atoms with van der Waals surface area (Å²) < 4.78 is 10.9. The molecule has 1 amide bonds. The van der Waals surface area contributed by atoms with Gasteiger partial charge in [0.15, 0.2) is 6.61 Å². The first-order valence-electron chi connectivity index (χ1n) is 9.97. The lowest BCUT2D eigenvalue weighted by atomic mass is 9.92. The van der Waals surface area contributed by atoms with Gasteiger partial charge in [0.1, 0.15) is 16.9 Å². The van der Waals surface area contributed by atoms with Crippen LogP contribution in [0, 0.1) is 11.3 Å². The van der Waals surface area contributed by atoms with E-state index in [1.54, 1.807) is 12.1 Å². The molecule has 1 heterocycles. The molecule has 0 bridgehead atoms. The molecule has 0 spiro atoms. The van der Waals surface area contributed by atoms with Crippen LogP contribution < -0.4 is 15.7 Å². The number of fused-ring (bicyclic) bond motifs is 1. The fourth-order valence-corrected chi connectivity index (χ4v) is 3.82. The molecule has 3 rings (SSSR count). The van der Waals surface area contributed by atoms with Gasteiger partial charge in [0.25, 0.3) is 5.91 Å². The van der Waals surface area contributed by atoms with Crippen LogP contribution in [0.2, 0.25) is 0 Å². The molecular weight excluding hydrogens is 356 g/mol. The number of carbonyl (C=O) groups is 1. The van der Waals surface area contributed by atoms with Gasteiger partial charge in [0.05, 0.1) is 6.07 Å². The van der Waals surface area contributed by atoms with E-state index in [1.807, 2.05) is 6.07 Å². The average Bonchev–Trinajstić information content (AvgIpc) is 2.92. The molecule has 6 nitrogen and oxygen atoms in total. The van der Waals surface area contributed by atoms with Crippen LogP contribution >= 0.6 is 0 Å². The molecular formula is C22H26N2O4. The van der Waals surface area contributed by atoms with Crippen LogP contribution in [0.4, 0.5) is 0 Å². The summed E-state index contributed by atoms with van der Waals surface area (Å²) in [6.45, 7) is 1.87. The Morgan fingerprint density at radius 3 is 2.68 bits per heavy atom. The van der Waals surface area contributed by atoms with Crippen LogP contribution in [0.1, 0.15) is 57.4 Å². The zero-order chi connectivity index (χ0) is 20.0. The minimum absolute atomic E-state index is 0.187. The SMILES string of the molecule is CCCc1cc(=O)oc2cc(OCC(=O)NC3(C#N)CCCCCC3)ccc12. The Morgan fingerprint density at radius 2 is 2.00 bits per heavy atom. The van der Waals surface area contributed by atoms with Gasteiger partial charge in [-0.3, -0.25) is 4.79 Å². The number of carbonyl (C=O) groups excluding carboxylic acids is 1. The van der Waals surface area contributed by atoms with E-state index in [2.05, 4.69) is 18.3 Å². The van der Waals surface area contributed by atoms with Gasteiger partial charge in [-0.15, -0.1) is 0 Å². The summed E-state index contributed by atoms with van der Waals surface area (Å²) in [5.74, 6) is 0.135. The van der Waals surface area contributed by atoms with Gasteiger partial charge in [-0.1, -0.05) is 39.0 Å². The van der Waals surface area contributed by atoms with Gasteiger partial charge in [-0.2, -0.15) is 5.26 Å². The van der Waals surface area contributed by atoms with Crippen LogP contribution in [0.25, 0.3) is 11.0 Å². The summed E-state index contributed by atoms with van der Waals surface area (Å²) >= 11 is 0. The second kappa shape index (κ2) is 8.92. The van der Waals surface area contributed by atoms with E-state index in [0.29, 0.717) is 24.2 Å². The number of nitrogens with zero attached hydrogens (tertiary/aromatic N) is 1. The van der Waals surface area contributed by atoms with Crippen LogP contribution in [-0.4, -0.2) is 18.1 Å². The van der Waals surface area contributed by atoms with Crippen molar-refractivity contribution in [2.24, 2.45) is 0 Å². The summed E-state index contributed by atoms with van der Waals surface area (Å²) in [5, 5.41) is 13.3. The second-order valence-corrected chi connectivity index (χ2v) is 7.44.